The van der Waals surface area contributed by atoms with Gasteiger partial charge in [0.15, 0.2) is 5.78 Å². The highest BCUT2D eigenvalue weighted by atomic mass is 35.5. The Hall–Kier alpha value is -1.73. The maximum absolute atomic E-state index is 13.2. The fourth-order valence-electron chi connectivity index (χ4n) is 3.50. The molecule has 0 amide bonds. The van der Waals surface area contributed by atoms with Crippen LogP contribution < -0.4 is 4.90 Å². The van der Waals surface area contributed by atoms with Crippen LogP contribution in [0.15, 0.2) is 46.2 Å². The smallest absolute Gasteiger partial charge is 0.197 e. The second-order valence-corrected chi connectivity index (χ2v) is 8.03. The maximum Gasteiger partial charge on any atom is 0.197 e. The Morgan fingerprint density at radius 1 is 1.04 bits per heavy atom. The molecule has 1 aliphatic rings. The number of carbonyl (C=O) groups is 1. The van der Waals surface area contributed by atoms with Crippen LogP contribution >= 0.6 is 12.4 Å². The summed E-state index contributed by atoms with van der Waals surface area (Å²) >= 11 is 0. The van der Waals surface area contributed by atoms with Gasteiger partial charge in [0.05, 0.1) is 32.8 Å². The minimum Gasteiger partial charge on any atom is -0.392 e. The van der Waals surface area contributed by atoms with Crippen LogP contribution in [0.2, 0.25) is 0 Å². The zero-order chi connectivity index (χ0) is 19.6. The van der Waals surface area contributed by atoms with Gasteiger partial charge in [-0.15, -0.1) is 12.4 Å². The van der Waals surface area contributed by atoms with Crippen molar-refractivity contribution in [2.45, 2.75) is 30.2 Å². The van der Waals surface area contributed by atoms with E-state index in [2.05, 4.69) is 18.7 Å². The average Bonchev–Trinajstić information content (AvgIpc) is 2.71. The number of ketones is 1. The summed E-state index contributed by atoms with van der Waals surface area (Å²) in [6.45, 7) is 7.61. The summed E-state index contributed by atoms with van der Waals surface area (Å²) < 4.78 is 13.2. The van der Waals surface area contributed by atoms with Crippen molar-refractivity contribution in [1.82, 2.24) is 4.90 Å². The summed E-state index contributed by atoms with van der Waals surface area (Å²) in [5.41, 5.74) is 2.26. The molecule has 1 atom stereocenters. The van der Waals surface area contributed by atoms with Gasteiger partial charge in [0, 0.05) is 31.4 Å². The molecule has 3 rings (SSSR count). The van der Waals surface area contributed by atoms with Crippen molar-refractivity contribution in [2.75, 3.05) is 38.1 Å². The predicted octanol–water partition coefficient (Wildman–Crippen LogP) is 3.09. The van der Waals surface area contributed by atoms with E-state index in [0.29, 0.717) is 26.5 Å². The Kier molecular flexibility index (Phi) is 7.78. The number of nitrogens with zero attached hydrogens (tertiary/aromatic N) is 2. The minimum absolute atomic E-state index is 0. The van der Waals surface area contributed by atoms with Crippen molar-refractivity contribution in [1.29, 1.82) is 0 Å². The molecule has 28 heavy (non-hydrogen) atoms. The fourth-order valence-corrected chi connectivity index (χ4v) is 5.04. The number of anilines is 1. The highest BCUT2D eigenvalue weighted by molar-refractivity contribution is 7.85. The normalized spacial score (nSPS) is 15.0. The van der Waals surface area contributed by atoms with Crippen LogP contribution in [0.5, 0.6) is 0 Å². The lowest BCUT2D eigenvalue weighted by Crippen LogP contribution is -2.34. The molecule has 1 heterocycles. The molecular weight excluding hydrogens is 396 g/mol. The largest absolute Gasteiger partial charge is 0.392 e. The number of rotatable bonds is 7. The number of halogens is 1. The molecule has 0 saturated heterocycles. The fraction of sp³-hybridized carbons (Fsp3) is 0.381. The van der Waals surface area contributed by atoms with E-state index in [1.54, 1.807) is 30.3 Å². The Morgan fingerprint density at radius 2 is 1.71 bits per heavy atom. The van der Waals surface area contributed by atoms with Crippen LogP contribution in [0.25, 0.3) is 0 Å². The van der Waals surface area contributed by atoms with E-state index in [4.69, 9.17) is 0 Å². The third-order valence-electron chi connectivity index (χ3n) is 5.19. The first-order valence-electron chi connectivity index (χ1n) is 9.29. The van der Waals surface area contributed by atoms with Crippen LogP contribution in [-0.2, 0) is 17.4 Å². The average molecular weight is 423 g/mol. The molecule has 0 saturated carbocycles. The molecule has 0 radical (unpaired) electrons. The lowest BCUT2D eigenvalue weighted by atomic mass is 9.98. The quantitative estimate of drug-likeness (QED) is 0.634. The van der Waals surface area contributed by atoms with E-state index in [-0.39, 0.29) is 24.8 Å². The summed E-state index contributed by atoms with van der Waals surface area (Å²) in [7, 11) is 0.470. The molecule has 0 bridgehead atoms. The number of hydrogen-bond donors (Lipinski definition) is 1. The SMILES string of the molecule is CCN(CC)CCN(C)c1ccc(CO)c2c1C(=O)c1ccccc1S2=O.Cl. The van der Waals surface area contributed by atoms with Gasteiger partial charge in [-0.1, -0.05) is 32.0 Å². The van der Waals surface area contributed by atoms with Crippen LogP contribution in [0.4, 0.5) is 5.69 Å². The van der Waals surface area contributed by atoms with Gasteiger partial charge >= 0.3 is 0 Å². The van der Waals surface area contributed by atoms with Crippen LogP contribution in [-0.4, -0.2) is 53.2 Å². The van der Waals surface area contributed by atoms with E-state index in [1.807, 2.05) is 18.0 Å². The molecule has 0 aromatic heterocycles. The van der Waals surface area contributed by atoms with Gasteiger partial charge in [0.25, 0.3) is 0 Å². The van der Waals surface area contributed by atoms with Crippen molar-refractivity contribution >= 4 is 34.7 Å². The number of benzene rings is 2. The second kappa shape index (κ2) is 9.65. The van der Waals surface area contributed by atoms with Gasteiger partial charge in [-0.25, -0.2) is 4.21 Å². The molecule has 1 unspecified atom stereocenters. The molecule has 152 valence electrons. The molecule has 0 aliphatic carbocycles. The molecule has 1 aliphatic heterocycles. The summed E-state index contributed by atoms with van der Waals surface area (Å²) in [4.78, 5) is 18.6. The third kappa shape index (κ3) is 4.01. The van der Waals surface area contributed by atoms with Gasteiger partial charge in [0.1, 0.15) is 0 Å². The monoisotopic (exact) mass is 422 g/mol. The van der Waals surface area contributed by atoms with E-state index >= 15 is 0 Å². The lowest BCUT2D eigenvalue weighted by molar-refractivity contribution is 0.103. The minimum atomic E-state index is -1.48. The van der Waals surface area contributed by atoms with Crippen molar-refractivity contribution in [2.24, 2.45) is 0 Å². The Labute approximate surface area is 175 Å². The molecule has 5 nitrogen and oxygen atoms in total. The van der Waals surface area contributed by atoms with E-state index in [1.165, 1.54) is 0 Å². The van der Waals surface area contributed by atoms with Crippen molar-refractivity contribution in [3.63, 3.8) is 0 Å². The van der Waals surface area contributed by atoms with Gasteiger partial charge in [0.2, 0.25) is 0 Å². The molecule has 2 aromatic rings. The van der Waals surface area contributed by atoms with E-state index in [0.717, 1.165) is 31.9 Å². The zero-order valence-electron chi connectivity index (χ0n) is 16.5. The number of aliphatic hydroxyl groups excluding tert-OH is 1. The summed E-state index contributed by atoms with van der Waals surface area (Å²) in [5.74, 6) is -0.125. The summed E-state index contributed by atoms with van der Waals surface area (Å²) in [5, 5.41) is 9.75. The van der Waals surface area contributed by atoms with Crippen molar-refractivity contribution in [3.05, 3.63) is 53.1 Å². The predicted molar refractivity (Wildman–Crippen MR) is 115 cm³/mol. The zero-order valence-corrected chi connectivity index (χ0v) is 18.1. The Balaban J connectivity index is 0.00000280. The van der Waals surface area contributed by atoms with Crippen molar-refractivity contribution in [3.8, 4) is 0 Å². The standard InChI is InChI=1S/C21H26N2O3S.ClH/c1-4-23(5-2)13-12-22(3)17-11-10-15(14-24)21-19(17)20(25)16-8-6-7-9-18(16)27(21)26;/h6-11,24H,4-5,12-14H2,1-3H3;1H. The van der Waals surface area contributed by atoms with E-state index in [9.17, 15) is 14.1 Å². The second-order valence-electron chi connectivity index (χ2n) is 6.65. The van der Waals surface area contributed by atoms with Gasteiger partial charge in [-0.2, -0.15) is 0 Å². The number of fused-ring (bicyclic) bond motifs is 2. The number of carbonyl (C=O) groups excluding carboxylic acids is 1. The molecule has 2 aromatic carbocycles. The van der Waals surface area contributed by atoms with Gasteiger partial charge in [-0.05, 0) is 36.9 Å². The van der Waals surface area contributed by atoms with Crippen molar-refractivity contribution < 1.29 is 14.1 Å². The Morgan fingerprint density at radius 3 is 2.36 bits per heavy atom. The first kappa shape index (κ1) is 22.6. The molecule has 1 N–H and O–H groups in total. The highest BCUT2D eigenvalue weighted by Crippen LogP contribution is 2.38. The van der Waals surface area contributed by atoms with Crippen LogP contribution in [0.3, 0.4) is 0 Å². The first-order valence-corrected chi connectivity index (χ1v) is 10.4. The maximum atomic E-state index is 13.2. The van der Waals surface area contributed by atoms with Gasteiger partial charge in [-0.3, -0.25) is 4.79 Å². The Bertz CT molecular complexity index is 884. The van der Waals surface area contributed by atoms with Gasteiger partial charge < -0.3 is 14.9 Å². The summed E-state index contributed by atoms with van der Waals surface area (Å²) in [6.07, 6.45) is 0. The number of hydrogen-bond acceptors (Lipinski definition) is 5. The lowest BCUT2D eigenvalue weighted by Gasteiger charge is -2.29. The topological polar surface area (TPSA) is 60.9 Å². The number of aliphatic hydroxyl groups is 1. The van der Waals surface area contributed by atoms with Crippen LogP contribution in [0, 0.1) is 0 Å². The molecular formula is C21H27ClN2O3S. The molecule has 7 heteroatoms. The van der Waals surface area contributed by atoms with Crippen LogP contribution in [0.1, 0.15) is 35.3 Å². The number of likely N-dealkylation sites (N-methyl/N-ethyl adjacent to an activating group) is 2. The molecule has 0 spiro atoms. The third-order valence-corrected chi connectivity index (χ3v) is 6.78. The first-order chi connectivity index (χ1) is 13.0. The highest BCUT2D eigenvalue weighted by Gasteiger charge is 2.33. The summed E-state index contributed by atoms with van der Waals surface area (Å²) in [6, 6.07) is 10.7. The molecule has 0 fully saturated rings. The van der Waals surface area contributed by atoms with E-state index < -0.39 is 10.8 Å².